The van der Waals surface area contributed by atoms with Gasteiger partial charge in [-0.25, -0.2) is 9.78 Å². The first-order valence-corrected chi connectivity index (χ1v) is 8.99. The number of amides is 2. The maximum absolute atomic E-state index is 12.7. The first-order valence-electron chi connectivity index (χ1n) is 8.18. The van der Waals surface area contributed by atoms with Gasteiger partial charge in [0.2, 0.25) is 0 Å². The molecule has 0 aliphatic heterocycles. The predicted molar refractivity (Wildman–Crippen MR) is 103 cm³/mol. The van der Waals surface area contributed by atoms with Gasteiger partial charge in [-0.05, 0) is 24.3 Å². The third kappa shape index (κ3) is 4.91. The minimum atomic E-state index is -4.48. The third-order valence-corrected chi connectivity index (χ3v) is 4.66. The molecule has 2 N–H and O–H groups in total. The van der Waals surface area contributed by atoms with Crippen LogP contribution in [0.15, 0.2) is 54.6 Å². The van der Waals surface area contributed by atoms with Gasteiger partial charge in [0.15, 0.2) is 5.13 Å². The predicted octanol–water partition coefficient (Wildman–Crippen LogP) is 5.26. The standard InChI is InChI=1S/C19H14F3N3O3S/c1-28-18(27)25-17-23-14(11-5-3-2-4-6-11)16(29-17)24-15(26)12-7-9-13(10-8-12)19(20,21)22/h2-10H,1H3,(H,24,26)(H,23,25,27). The van der Waals surface area contributed by atoms with Crippen LogP contribution in [-0.4, -0.2) is 24.1 Å². The lowest BCUT2D eigenvalue weighted by atomic mass is 10.1. The quantitative estimate of drug-likeness (QED) is 0.602. The molecule has 0 radical (unpaired) electrons. The van der Waals surface area contributed by atoms with E-state index in [-0.39, 0.29) is 10.7 Å². The largest absolute Gasteiger partial charge is 0.453 e. The van der Waals surface area contributed by atoms with E-state index < -0.39 is 23.7 Å². The van der Waals surface area contributed by atoms with Crippen LogP contribution in [-0.2, 0) is 10.9 Å². The number of hydrogen-bond acceptors (Lipinski definition) is 5. The van der Waals surface area contributed by atoms with Gasteiger partial charge in [0.05, 0.1) is 12.7 Å². The molecule has 0 spiro atoms. The number of carbonyl (C=O) groups excluding carboxylic acids is 2. The minimum Gasteiger partial charge on any atom is -0.453 e. The van der Waals surface area contributed by atoms with Gasteiger partial charge >= 0.3 is 12.3 Å². The Morgan fingerprint density at radius 2 is 1.66 bits per heavy atom. The first kappa shape index (κ1) is 20.3. The topological polar surface area (TPSA) is 80.3 Å². The van der Waals surface area contributed by atoms with Gasteiger partial charge in [0.25, 0.3) is 5.91 Å². The molecular weight excluding hydrogens is 407 g/mol. The molecule has 0 aliphatic rings. The molecule has 0 atom stereocenters. The number of nitrogens with zero attached hydrogens (tertiary/aromatic N) is 1. The molecule has 6 nitrogen and oxygen atoms in total. The number of methoxy groups -OCH3 is 1. The summed E-state index contributed by atoms with van der Waals surface area (Å²) in [5.74, 6) is -0.607. The number of carbonyl (C=O) groups is 2. The lowest BCUT2D eigenvalue weighted by Gasteiger charge is -2.08. The zero-order valence-electron chi connectivity index (χ0n) is 14.9. The van der Waals surface area contributed by atoms with E-state index in [2.05, 4.69) is 20.4 Å². The molecule has 0 fully saturated rings. The van der Waals surface area contributed by atoms with Crippen molar-refractivity contribution in [3.63, 3.8) is 0 Å². The molecule has 2 amide bonds. The lowest BCUT2D eigenvalue weighted by Crippen LogP contribution is -2.12. The Bertz CT molecular complexity index is 1020. The number of anilines is 2. The number of benzene rings is 2. The highest BCUT2D eigenvalue weighted by Gasteiger charge is 2.30. The van der Waals surface area contributed by atoms with E-state index in [1.165, 1.54) is 7.11 Å². The normalized spacial score (nSPS) is 11.0. The summed E-state index contributed by atoms with van der Waals surface area (Å²) in [4.78, 5) is 28.3. The first-order chi connectivity index (χ1) is 13.8. The third-order valence-electron chi connectivity index (χ3n) is 3.77. The Morgan fingerprint density at radius 3 is 2.24 bits per heavy atom. The van der Waals surface area contributed by atoms with E-state index in [9.17, 15) is 22.8 Å². The SMILES string of the molecule is COC(=O)Nc1nc(-c2ccccc2)c(NC(=O)c2ccc(C(F)(F)F)cc2)s1. The van der Waals surface area contributed by atoms with Crippen molar-refractivity contribution in [3.8, 4) is 11.3 Å². The molecule has 150 valence electrons. The number of rotatable bonds is 4. The van der Waals surface area contributed by atoms with E-state index in [4.69, 9.17) is 0 Å². The fourth-order valence-corrected chi connectivity index (χ4v) is 3.24. The van der Waals surface area contributed by atoms with Crippen molar-refractivity contribution in [3.05, 3.63) is 65.7 Å². The summed E-state index contributed by atoms with van der Waals surface area (Å²) < 4.78 is 42.6. The molecule has 2 aromatic carbocycles. The van der Waals surface area contributed by atoms with E-state index in [1.807, 2.05) is 6.07 Å². The Morgan fingerprint density at radius 1 is 1.00 bits per heavy atom. The van der Waals surface area contributed by atoms with E-state index in [0.29, 0.717) is 16.3 Å². The van der Waals surface area contributed by atoms with Gasteiger partial charge in [0, 0.05) is 11.1 Å². The molecule has 0 aliphatic carbocycles. The number of ether oxygens (including phenoxy) is 1. The molecule has 10 heteroatoms. The average Bonchev–Trinajstić information content (AvgIpc) is 3.10. The number of thiazole rings is 1. The molecule has 1 aromatic heterocycles. The maximum atomic E-state index is 12.7. The number of hydrogen-bond donors (Lipinski definition) is 2. The second kappa shape index (κ2) is 8.31. The molecule has 3 aromatic rings. The highest BCUT2D eigenvalue weighted by atomic mass is 32.1. The second-order valence-corrected chi connectivity index (χ2v) is 6.71. The van der Waals surface area contributed by atoms with Crippen molar-refractivity contribution in [1.82, 2.24) is 4.98 Å². The smallest absolute Gasteiger partial charge is 0.416 e. The molecule has 29 heavy (non-hydrogen) atoms. The molecule has 1 heterocycles. The summed E-state index contributed by atoms with van der Waals surface area (Å²) >= 11 is 0.993. The van der Waals surface area contributed by atoms with Crippen LogP contribution in [0.5, 0.6) is 0 Å². The van der Waals surface area contributed by atoms with Crippen LogP contribution < -0.4 is 10.6 Å². The van der Waals surface area contributed by atoms with Crippen molar-refractivity contribution in [2.45, 2.75) is 6.18 Å². The summed E-state index contributed by atoms with van der Waals surface area (Å²) in [6.45, 7) is 0. The summed E-state index contributed by atoms with van der Waals surface area (Å²) in [5.41, 5.74) is 0.293. The molecule has 0 bridgehead atoms. The summed E-state index contributed by atoms with van der Waals surface area (Å²) in [6.07, 6.45) is -5.21. The van der Waals surface area contributed by atoms with Gasteiger partial charge in [0.1, 0.15) is 10.7 Å². The molecule has 0 saturated heterocycles. The van der Waals surface area contributed by atoms with E-state index in [0.717, 1.165) is 35.6 Å². The fourth-order valence-electron chi connectivity index (χ4n) is 2.37. The minimum absolute atomic E-state index is 0.0490. The summed E-state index contributed by atoms with van der Waals surface area (Å²) in [5, 5.41) is 5.59. The van der Waals surface area contributed by atoms with E-state index in [1.54, 1.807) is 24.3 Å². The highest BCUT2D eigenvalue weighted by Crippen LogP contribution is 2.36. The van der Waals surface area contributed by atoms with E-state index >= 15 is 0 Å². The maximum Gasteiger partial charge on any atom is 0.416 e. The van der Waals surface area contributed by atoms with Crippen LogP contribution in [0.3, 0.4) is 0 Å². The number of aromatic nitrogens is 1. The Labute approximate surface area is 167 Å². The summed E-state index contributed by atoms with van der Waals surface area (Å²) in [7, 11) is 1.20. The van der Waals surface area contributed by atoms with Crippen LogP contribution in [0.2, 0.25) is 0 Å². The van der Waals surface area contributed by atoms with Crippen molar-refractivity contribution in [2.24, 2.45) is 0 Å². The highest BCUT2D eigenvalue weighted by molar-refractivity contribution is 7.20. The van der Waals surface area contributed by atoms with Crippen molar-refractivity contribution < 1.29 is 27.5 Å². The number of alkyl halides is 3. The van der Waals surface area contributed by atoms with Crippen LogP contribution in [0.4, 0.5) is 28.1 Å². The van der Waals surface area contributed by atoms with Crippen molar-refractivity contribution in [1.29, 1.82) is 0 Å². The van der Waals surface area contributed by atoms with Gasteiger partial charge in [-0.2, -0.15) is 13.2 Å². The number of nitrogens with one attached hydrogen (secondary N) is 2. The zero-order chi connectivity index (χ0) is 21.0. The van der Waals surface area contributed by atoms with Crippen molar-refractivity contribution >= 4 is 33.5 Å². The van der Waals surface area contributed by atoms with Gasteiger partial charge in [-0.15, -0.1) is 0 Å². The number of halogens is 3. The zero-order valence-corrected chi connectivity index (χ0v) is 15.7. The van der Waals surface area contributed by atoms with Crippen molar-refractivity contribution in [2.75, 3.05) is 17.7 Å². The van der Waals surface area contributed by atoms with Crippen LogP contribution in [0.25, 0.3) is 11.3 Å². The van der Waals surface area contributed by atoms with Crippen LogP contribution >= 0.6 is 11.3 Å². The lowest BCUT2D eigenvalue weighted by molar-refractivity contribution is -0.137. The van der Waals surface area contributed by atoms with Gasteiger partial charge < -0.3 is 10.1 Å². The Balaban J connectivity index is 1.88. The van der Waals surface area contributed by atoms with Crippen LogP contribution in [0, 0.1) is 0 Å². The molecule has 3 rings (SSSR count). The molecule has 0 saturated carbocycles. The Hall–Kier alpha value is -3.40. The molecular formula is C19H14F3N3O3S. The second-order valence-electron chi connectivity index (χ2n) is 5.71. The average molecular weight is 421 g/mol. The monoisotopic (exact) mass is 421 g/mol. The summed E-state index contributed by atoms with van der Waals surface area (Å²) in [6, 6.07) is 12.8. The van der Waals surface area contributed by atoms with Gasteiger partial charge in [-0.1, -0.05) is 41.7 Å². The van der Waals surface area contributed by atoms with Gasteiger partial charge in [-0.3, -0.25) is 10.1 Å². The fraction of sp³-hybridized carbons (Fsp3) is 0.105. The van der Waals surface area contributed by atoms with Crippen LogP contribution in [0.1, 0.15) is 15.9 Å². The Kier molecular flexibility index (Phi) is 5.83. The molecule has 0 unspecified atom stereocenters.